The van der Waals surface area contributed by atoms with Crippen LogP contribution in [0.4, 0.5) is 0 Å². The molecule has 2 aromatic heterocycles. The van der Waals surface area contributed by atoms with Crippen molar-refractivity contribution in [2.45, 2.75) is 45.8 Å². The van der Waals surface area contributed by atoms with E-state index in [1.54, 1.807) is 16.4 Å². The highest BCUT2D eigenvalue weighted by molar-refractivity contribution is 5.76. The molecular formula is C19H22N6O3. The summed E-state index contributed by atoms with van der Waals surface area (Å²) in [5, 5.41) is 12.1. The molecule has 0 N–H and O–H groups in total. The number of carbonyl (C=O) groups is 1. The average molecular weight is 382 g/mol. The van der Waals surface area contributed by atoms with Crippen molar-refractivity contribution in [2.75, 3.05) is 6.54 Å². The van der Waals surface area contributed by atoms with E-state index in [2.05, 4.69) is 15.4 Å². The van der Waals surface area contributed by atoms with E-state index in [-0.39, 0.29) is 24.2 Å². The number of amides is 1. The van der Waals surface area contributed by atoms with Gasteiger partial charge in [-0.2, -0.15) is 5.10 Å². The van der Waals surface area contributed by atoms with Gasteiger partial charge in [-0.25, -0.2) is 14.1 Å². The van der Waals surface area contributed by atoms with Gasteiger partial charge in [0.15, 0.2) is 0 Å². The predicted octanol–water partition coefficient (Wildman–Crippen LogP) is 1.46. The van der Waals surface area contributed by atoms with Gasteiger partial charge in [0.05, 0.1) is 12.6 Å². The van der Waals surface area contributed by atoms with Crippen LogP contribution in [0, 0.1) is 13.8 Å². The van der Waals surface area contributed by atoms with Crippen molar-refractivity contribution >= 4 is 5.91 Å². The van der Waals surface area contributed by atoms with Crippen molar-refractivity contribution < 1.29 is 9.42 Å². The molecule has 1 aliphatic heterocycles. The van der Waals surface area contributed by atoms with Gasteiger partial charge in [-0.15, -0.1) is 0 Å². The average Bonchev–Trinajstić information content (AvgIpc) is 3.39. The second kappa shape index (κ2) is 7.41. The van der Waals surface area contributed by atoms with E-state index in [1.165, 1.54) is 4.68 Å². The van der Waals surface area contributed by atoms with Crippen LogP contribution in [0.5, 0.6) is 0 Å². The molecule has 3 aromatic rings. The van der Waals surface area contributed by atoms with Gasteiger partial charge in [-0.05, 0) is 32.3 Å². The van der Waals surface area contributed by atoms with Crippen molar-refractivity contribution in [1.82, 2.24) is 29.6 Å². The fraction of sp³-hybridized carbons (Fsp3) is 0.421. The highest BCUT2D eigenvalue weighted by Crippen LogP contribution is 2.32. The number of nitrogens with zero attached hydrogens (tertiary/aromatic N) is 6. The zero-order valence-corrected chi connectivity index (χ0v) is 15.9. The van der Waals surface area contributed by atoms with E-state index in [0.29, 0.717) is 30.3 Å². The first-order valence-corrected chi connectivity index (χ1v) is 9.31. The van der Waals surface area contributed by atoms with Crippen molar-refractivity contribution in [1.29, 1.82) is 0 Å². The van der Waals surface area contributed by atoms with Crippen molar-refractivity contribution in [3.63, 3.8) is 0 Å². The molecular weight excluding hydrogens is 360 g/mol. The first-order chi connectivity index (χ1) is 13.5. The molecule has 146 valence electrons. The Morgan fingerprint density at radius 1 is 1.21 bits per heavy atom. The smallest absolute Gasteiger partial charge is 0.332 e. The zero-order valence-electron chi connectivity index (χ0n) is 15.9. The molecule has 9 heteroatoms. The molecule has 0 unspecified atom stereocenters. The number of rotatable bonds is 5. The maximum absolute atomic E-state index is 12.9. The highest BCUT2D eigenvalue weighted by Gasteiger charge is 2.34. The summed E-state index contributed by atoms with van der Waals surface area (Å²) in [6.45, 7) is 4.53. The predicted molar refractivity (Wildman–Crippen MR) is 99.5 cm³/mol. The molecule has 28 heavy (non-hydrogen) atoms. The number of hydrogen-bond acceptors (Lipinski definition) is 6. The van der Waals surface area contributed by atoms with Crippen LogP contribution < -0.4 is 5.69 Å². The molecule has 0 radical (unpaired) electrons. The number of benzene rings is 1. The van der Waals surface area contributed by atoms with E-state index in [0.717, 1.165) is 18.4 Å². The van der Waals surface area contributed by atoms with Crippen molar-refractivity contribution in [3.8, 4) is 0 Å². The van der Waals surface area contributed by atoms with Crippen LogP contribution >= 0.6 is 0 Å². The van der Waals surface area contributed by atoms with Gasteiger partial charge in [0, 0.05) is 6.54 Å². The van der Waals surface area contributed by atoms with Gasteiger partial charge in [0.2, 0.25) is 5.91 Å². The summed E-state index contributed by atoms with van der Waals surface area (Å²) in [6, 6.07) is 9.53. The summed E-state index contributed by atoms with van der Waals surface area (Å²) in [6.07, 6.45) is 1.68. The summed E-state index contributed by atoms with van der Waals surface area (Å²) in [5.41, 5.74) is 2.09. The minimum Gasteiger partial charge on any atom is -0.332 e. The molecule has 1 saturated heterocycles. The maximum Gasteiger partial charge on any atom is 0.346 e. The van der Waals surface area contributed by atoms with E-state index >= 15 is 0 Å². The Kier molecular flexibility index (Phi) is 4.81. The van der Waals surface area contributed by atoms with Crippen LogP contribution in [-0.2, 0) is 17.9 Å². The van der Waals surface area contributed by atoms with Gasteiger partial charge in [-0.3, -0.25) is 9.36 Å². The monoisotopic (exact) mass is 382 g/mol. The van der Waals surface area contributed by atoms with Gasteiger partial charge in [0.1, 0.15) is 23.8 Å². The van der Waals surface area contributed by atoms with Gasteiger partial charge in [-0.1, -0.05) is 40.6 Å². The number of carbonyl (C=O) groups excluding carboxylic acids is 1. The van der Waals surface area contributed by atoms with Gasteiger partial charge < -0.3 is 4.90 Å². The molecule has 1 atom stereocenters. The molecule has 0 spiro atoms. The molecule has 0 saturated carbocycles. The molecule has 1 aliphatic rings. The Morgan fingerprint density at radius 2 is 2.00 bits per heavy atom. The van der Waals surface area contributed by atoms with Crippen molar-refractivity contribution in [2.24, 2.45) is 0 Å². The second-order valence-corrected chi connectivity index (χ2v) is 7.04. The number of hydrogen-bond donors (Lipinski definition) is 0. The summed E-state index contributed by atoms with van der Waals surface area (Å²) >= 11 is 0. The van der Waals surface area contributed by atoms with E-state index in [4.69, 9.17) is 4.63 Å². The Bertz CT molecular complexity index is 1040. The molecule has 9 nitrogen and oxygen atoms in total. The van der Waals surface area contributed by atoms with Crippen molar-refractivity contribution in [3.05, 3.63) is 63.6 Å². The Balaban J connectivity index is 1.53. The standard InChI is InChI=1S/C19H22N6O3/c1-13-18(22-28-21-13)16-9-6-10-23(16)17(26)12-25-19(27)24(14(2)20-25)11-15-7-4-3-5-8-15/h3-5,7-8,16H,6,9-12H2,1-2H3/t16-/m1/s1. The third kappa shape index (κ3) is 3.35. The summed E-state index contributed by atoms with van der Waals surface area (Å²) < 4.78 is 7.61. The van der Waals surface area contributed by atoms with E-state index in [9.17, 15) is 9.59 Å². The minimum atomic E-state index is -0.287. The normalized spacial score (nSPS) is 16.6. The van der Waals surface area contributed by atoms with E-state index in [1.807, 2.05) is 37.3 Å². The summed E-state index contributed by atoms with van der Waals surface area (Å²) in [5.74, 6) is 0.424. The maximum atomic E-state index is 12.9. The lowest BCUT2D eigenvalue weighted by Gasteiger charge is -2.22. The van der Waals surface area contributed by atoms with Crippen LogP contribution in [0.2, 0.25) is 0 Å². The first-order valence-electron chi connectivity index (χ1n) is 9.31. The van der Waals surface area contributed by atoms with Gasteiger partial charge >= 0.3 is 5.69 Å². The highest BCUT2D eigenvalue weighted by atomic mass is 16.6. The molecule has 3 heterocycles. The number of likely N-dealkylation sites (tertiary alicyclic amines) is 1. The first kappa shape index (κ1) is 18.1. The quantitative estimate of drug-likeness (QED) is 0.662. The van der Waals surface area contributed by atoms with Gasteiger partial charge in [0.25, 0.3) is 0 Å². The molecule has 1 fully saturated rings. The SMILES string of the molecule is Cc1nonc1[C@H]1CCCN1C(=O)Cn1nc(C)n(Cc2ccccc2)c1=O. The topological polar surface area (TPSA) is 99.0 Å². The van der Waals surface area contributed by atoms with Crippen LogP contribution in [0.3, 0.4) is 0 Å². The number of aryl methyl sites for hydroxylation is 2. The zero-order chi connectivity index (χ0) is 19.7. The van der Waals surface area contributed by atoms with Crippen LogP contribution in [0.25, 0.3) is 0 Å². The molecule has 0 aliphatic carbocycles. The molecule has 4 rings (SSSR count). The largest absolute Gasteiger partial charge is 0.346 e. The van der Waals surface area contributed by atoms with E-state index < -0.39 is 0 Å². The third-order valence-corrected chi connectivity index (χ3v) is 5.15. The fourth-order valence-corrected chi connectivity index (χ4v) is 3.71. The Morgan fingerprint density at radius 3 is 2.71 bits per heavy atom. The second-order valence-electron chi connectivity index (χ2n) is 7.04. The lowest BCUT2D eigenvalue weighted by atomic mass is 10.1. The summed E-state index contributed by atoms with van der Waals surface area (Å²) in [4.78, 5) is 27.4. The lowest BCUT2D eigenvalue weighted by molar-refractivity contribution is -0.133. The number of aromatic nitrogens is 5. The Labute approximate surface area is 161 Å². The molecule has 1 aromatic carbocycles. The third-order valence-electron chi connectivity index (χ3n) is 5.15. The van der Waals surface area contributed by atoms with Crippen LogP contribution in [0.15, 0.2) is 39.8 Å². The summed E-state index contributed by atoms with van der Waals surface area (Å²) in [7, 11) is 0. The molecule has 0 bridgehead atoms. The Hall–Kier alpha value is -3.23. The fourth-order valence-electron chi connectivity index (χ4n) is 3.71. The lowest BCUT2D eigenvalue weighted by Crippen LogP contribution is -2.37. The minimum absolute atomic E-state index is 0.0949. The van der Waals surface area contributed by atoms with Crippen LogP contribution in [-0.4, -0.2) is 42.0 Å². The molecule has 1 amide bonds. The van der Waals surface area contributed by atoms with Crippen LogP contribution in [0.1, 0.15) is 41.7 Å².